The summed E-state index contributed by atoms with van der Waals surface area (Å²) in [7, 11) is 0. The molecule has 28 heavy (non-hydrogen) atoms. The molecule has 1 amide bonds. The van der Waals surface area contributed by atoms with Crippen molar-refractivity contribution in [2.75, 3.05) is 6.61 Å². The van der Waals surface area contributed by atoms with Crippen LogP contribution in [0.15, 0.2) is 78.2 Å². The molecule has 0 radical (unpaired) electrons. The Hall–Kier alpha value is -3.12. The van der Waals surface area contributed by atoms with Gasteiger partial charge in [-0.25, -0.2) is 4.79 Å². The summed E-state index contributed by atoms with van der Waals surface area (Å²) in [6.07, 6.45) is -0.808. The Morgan fingerprint density at radius 3 is 2.29 bits per heavy atom. The molecule has 0 spiro atoms. The molecule has 0 aliphatic rings. The van der Waals surface area contributed by atoms with E-state index in [0.29, 0.717) is 5.75 Å². The van der Waals surface area contributed by atoms with Gasteiger partial charge in [-0.3, -0.25) is 4.79 Å². The molecule has 0 fully saturated rings. The van der Waals surface area contributed by atoms with Crippen LogP contribution < -0.4 is 10.1 Å². The average molecular weight is 395 g/mol. The lowest BCUT2D eigenvalue weighted by Gasteiger charge is -2.19. The first-order valence-corrected chi connectivity index (χ1v) is 9.77. The highest BCUT2D eigenvalue weighted by atomic mass is 32.1. The van der Waals surface area contributed by atoms with Gasteiger partial charge >= 0.3 is 5.97 Å². The molecule has 0 unspecified atom stereocenters. The number of amides is 1. The van der Waals surface area contributed by atoms with Gasteiger partial charge in [-0.15, -0.1) is 11.3 Å². The van der Waals surface area contributed by atoms with Gasteiger partial charge in [-0.2, -0.15) is 0 Å². The lowest BCUT2D eigenvalue weighted by molar-refractivity contribution is -0.154. The molecule has 0 aliphatic heterocycles. The fourth-order valence-corrected chi connectivity index (χ4v) is 3.43. The average Bonchev–Trinajstić information content (AvgIpc) is 3.26. The van der Waals surface area contributed by atoms with Crippen LogP contribution >= 0.6 is 11.3 Å². The topological polar surface area (TPSA) is 64.6 Å². The number of benzene rings is 2. The summed E-state index contributed by atoms with van der Waals surface area (Å²) in [5.74, 6) is -0.396. The largest absolute Gasteiger partial charge is 0.479 e. The van der Waals surface area contributed by atoms with E-state index in [4.69, 9.17) is 9.47 Å². The van der Waals surface area contributed by atoms with E-state index in [1.54, 1.807) is 30.4 Å². The van der Waals surface area contributed by atoms with Crippen molar-refractivity contribution >= 4 is 23.2 Å². The van der Waals surface area contributed by atoms with E-state index in [1.165, 1.54) is 0 Å². The van der Waals surface area contributed by atoms with Gasteiger partial charge in [0, 0.05) is 4.88 Å². The Morgan fingerprint density at radius 1 is 0.964 bits per heavy atom. The van der Waals surface area contributed by atoms with Crippen molar-refractivity contribution in [1.29, 1.82) is 0 Å². The summed E-state index contributed by atoms with van der Waals surface area (Å²) in [6.45, 7) is 1.22. The summed E-state index contributed by atoms with van der Waals surface area (Å²) in [5.41, 5.74) is 0.963. The minimum atomic E-state index is -0.808. The molecule has 3 rings (SSSR count). The zero-order valence-corrected chi connectivity index (χ0v) is 16.2. The standard InChI is InChI=1S/C22H21NO4S/c1-16(27-18-11-6-3-7-12-18)22(25)26-15-20(24)23-21(19-13-8-14-28-19)17-9-4-2-5-10-17/h2-14,16,21H,15H2,1H3,(H,23,24)/t16-,21+/m1/s1. The molecule has 3 aromatic rings. The number of rotatable bonds is 8. The van der Waals surface area contributed by atoms with E-state index in [2.05, 4.69) is 5.32 Å². The van der Waals surface area contributed by atoms with Crippen LogP contribution in [0.25, 0.3) is 0 Å². The molecular formula is C22H21NO4S. The summed E-state index contributed by atoms with van der Waals surface area (Å²) >= 11 is 1.56. The lowest BCUT2D eigenvalue weighted by atomic mass is 10.1. The molecule has 6 heteroatoms. The first-order chi connectivity index (χ1) is 13.6. The van der Waals surface area contributed by atoms with Crippen molar-refractivity contribution in [2.24, 2.45) is 0 Å². The molecular weight excluding hydrogens is 374 g/mol. The maximum Gasteiger partial charge on any atom is 0.347 e. The summed E-state index contributed by atoms with van der Waals surface area (Å²) in [5, 5.41) is 4.89. The van der Waals surface area contributed by atoms with Gasteiger partial charge in [0.2, 0.25) is 0 Å². The first-order valence-electron chi connectivity index (χ1n) is 8.89. The quantitative estimate of drug-likeness (QED) is 0.586. The number of carbonyl (C=O) groups excluding carboxylic acids is 2. The number of ether oxygens (including phenoxy) is 2. The molecule has 0 saturated carbocycles. The number of hydrogen-bond donors (Lipinski definition) is 1. The summed E-state index contributed by atoms with van der Waals surface area (Å²) < 4.78 is 10.6. The lowest BCUT2D eigenvalue weighted by Crippen LogP contribution is -2.35. The second-order valence-electron chi connectivity index (χ2n) is 6.11. The van der Waals surface area contributed by atoms with Gasteiger partial charge in [-0.1, -0.05) is 54.6 Å². The second kappa shape index (κ2) is 9.71. The molecule has 2 aromatic carbocycles. The Labute approximate surface area is 167 Å². The first kappa shape index (κ1) is 19.6. The van der Waals surface area contributed by atoms with E-state index in [1.807, 2.05) is 66.0 Å². The van der Waals surface area contributed by atoms with Crippen molar-refractivity contribution < 1.29 is 19.1 Å². The highest BCUT2D eigenvalue weighted by Crippen LogP contribution is 2.25. The van der Waals surface area contributed by atoms with E-state index in [9.17, 15) is 9.59 Å². The number of esters is 1. The Balaban J connectivity index is 1.55. The van der Waals surface area contributed by atoms with Crippen molar-refractivity contribution in [3.05, 3.63) is 88.6 Å². The smallest absolute Gasteiger partial charge is 0.347 e. The molecule has 2 atom stereocenters. The van der Waals surface area contributed by atoms with Crippen LogP contribution in [-0.2, 0) is 14.3 Å². The van der Waals surface area contributed by atoms with E-state index in [0.717, 1.165) is 10.4 Å². The van der Waals surface area contributed by atoms with Crippen molar-refractivity contribution in [1.82, 2.24) is 5.32 Å². The van der Waals surface area contributed by atoms with Gasteiger partial charge in [0.05, 0.1) is 6.04 Å². The third-order valence-electron chi connectivity index (χ3n) is 4.00. The molecule has 0 bridgehead atoms. The predicted octanol–water partition coefficient (Wildman–Crippen LogP) is 3.96. The van der Waals surface area contributed by atoms with Gasteiger partial charge < -0.3 is 14.8 Å². The number of para-hydroxylation sites is 1. The number of nitrogens with one attached hydrogen (secondary N) is 1. The molecule has 1 aromatic heterocycles. The Bertz CT molecular complexity index is 881. The second-order valence-corrected chi connectivity index (χ2v) is 7.09. The number of thiophene rings is 1. The molecule has 1 heterocycles. The van der Waals surface area contributed by atoms with E-state index >= 15 is 0 Å². The van der Waals surface area contributed by atoms with Crippen LogP contribution in [0, 0.1) is 0 Å². The van der Waals surface area contributed by atoms with Crippen LogP contribution in [-0.4, -0.2) is 24.6 Å². The molecule has 0 saturated heterocycles. The maximum atomic E-state index is 12.4. The van der Waals surface area contributed by atoms with Crippen molar-refractivity contribution in [3.8, 4) is 5.75 Å². The fraction of sp³-hybridized carbons (Fsp3) is 0.182. The highest BCUT2D eigenvalue weighted by Gasteiger charge is 2.21. The minimum Gasteiger partial charge on any atom is -0.479 e. The minimum absolute atomic E-state index is 0.287. The summed E-state index contributed by atoms with van der Waals surface area (Å²) in [6, 6.07) is 22.3. The summed E-state index contributed by atoms with van der Waals surface area (Å²) in [4.78, 5) is 25.5. The zero-order chi connectivity index (χ0) is 19.8. The molecule has 0 aliphatic carbocycles. The molecule has 5 nitrogen and oxygen atoms in total. The van der Waals surface area contributed by atoms with Crippen LogP contribution in [0.5, 0.6) is 5.75 Å². The zero-order valence-electron chi connectivity index (χ0n) is 15.4. The van der Waals surface area contributed by atoms with Gasteiger partial charge in [-0.05, 0) is 36.1 Å². The third-order valence-corrected chi connectivity index (χ3v) is 4.94. The third kappa shape index (κ3) is 5.44. The van der Waals surface area contributed by atoms with Gasteiger partial charge in [0.1, 0.15) is 5.75 Å². The Morgan fingerprint density at radius 2 is 1.64 bits per heavy atom. The highest BCUT2D eigenvalue weighted by molar-refractivity contribution is 7.10. The van der Waals surface area contributed by atoms with E-state index in [-0.39, 0.29) is 18.6 Å². The maximum absolute atomic E-state index is 12.4. The Kier molecular flexibility index (Phi) is 6.81. The molecule has 144 valence electrons. The van der Waals surface area contributed by atoms with Gasteiger partial charge in [0.25, 0.3) is 5.91 Å². The predicted molar refractivity (Wildman–Crippen MR) is 108 cm³/mol. The normalized spacial score (nSPS) is 12.6. The van der Waals surface area contributed by atoms with Crippen LogP contribution in [0.3, 0.4) is 0 Å². The SMILES string of the molecule is C[C@@H](Oc1ccccc1)C(=O)OCC(=O)N[C@@H](c1ccccc1)c1cccs1. The van der Waals surface area contributed by atoms with Crippen LogP contribution in [0.1, 0.15) is 23.4 Å². The van der Waals surface area contributed by atoms with E-state index < -0.39 is 12.1 Å². The van der Waals surface area contributed by atoms with Crippen molar-refractivity contribution in [2.45, 2.75) is 19.1 Å². The van der Waals surface area contributed by atoms with Crippen molar-refractivity contribution in [3.63, 3.8) is 0 Å². The molecule has 1 N–H and O–H groups in total. The van der Waals surface area contributed by atoms with Crippen LogP contribution in [0.2, 0.25) is 0 Å². The fourth-order valence-electron chi connectivity index (χ4n) is 2.63. The number of hydrogen-bond acceptors (Lipinski definition) is 5. The monoisotopic (exact) mass is 395 g/mol. The number of carbonyl (C=O) groups is 2. The van der Waals surface area contributed by atoms with Crippen LogP contribution in [0.4, 0.5) is 0 Å². The van der Waals surface area contributed by atoms with Gasteiger partial charge in [0.15, 0.2) is 12.7 Å².